The average Bonchev–Trinajstić information content (AvgIpc) is 2.44. The highest BCUT2D eigenvalue weighted by molar-refractivity contribution is 6.35. The SMILES string of the molecule is C[C@@H](NCc1ccc(Cl)cc1Cl)C12CC3CC(CC(C3)C1)C2. The lowest BCUT2D eigenvalue weighted by atomic mass is 9.48. The first-order chi connectivity index (χ1) is 10.5. The lowest BCUT2D eigenvalue weighted by Gasteiger charge is -2.59. The molecule has 22 heavy (non-hydrogen) atoms. The Balaban J connectivity index is 1.45. The summed E-state index contributed by atoms with van der Waals surface area (Å²) in [6.45, 7) is 3.25. The largest absolute Gasteiger partial charge is 0.310 e. The molecule has 1 aromatic carbocycles. The van der Waals surface area contributed by atoms with Gasteiger partial charge in [-0.1, -0.05) is 29.3 Å². The molecule has 4 bridgehead atoms. The normalized spacial score (nSPS) is 37.5. The zero-order valence-corrected chi connectivity index (χ0v) is 14.8. The Labute approximate surface area is 143 Å². The van der Waals surface area contributed by atoms with E-state index < -0.39 is 0 Å². The van der Waals surface area contributed by atoms with Crippen molar-refractivity contribution in [2.24, 2.45) is 23.2 Å². The van der Waals surface area contributed by atoms with Crippen LogP contribution in [0.2, 0.25) is 10.0 Å². The third-order valence-electron chi connectivity index (χ3n) is 6.62. The summed E-state index contributed by atoms with van der Waals surface area (Å²) in [5.74, 6) is 3.03. The van der Waals surface area contributed by atoms with Gasteiger partial charge in [0.2, 0.25) is 0 Å². The predicted octanol–water partition coefficient (Wildman–Crippen LogP) is 5.69. The molecular formula is C19H25Cl2N. The minimum atomic E-state index is 0.549. The summed E-state index contributed by atoms with van der Waals surface area (Å²) in [6, 6.07) is 6.40. The van der Waals surface area contributed by atoms with Crippen LogP contribution in [0.5, 0.6) is 0 Å². The van der Waals surface area contributed by atoms with Crippen LogP contribution in [0.15, 0.2) is 18.2 Å². The van der Waals surface area contributed by atoms with Crippen molar-refractivity contribution in [1.82, 2.24) is 5.32 Å². The van der Waals surface area contributed by atoms with Crippen molar-refractivity contribution < 1.29 is 0 Å². The van der Waals surface area contributed by atoms with E-state index in [0.717, 1.165) is 34.9 Å². The van der Waals surface area contributed by atoms with Crippen molar-refractivity contribution in [3.8, 4) is 0 Å². The van der Waals surface area contributed by atoms with Gasteiger partial charge in [0.15, 0.2) is 0 Å². The summed E-state index contributed by atoms with van der Waals surface area (Å²) in [7, 11) is 0. The number of hydrogen-bond donors (Lipinski definition) is 1. The summed E-state index contributed by atoms with van der Waals surface area (Å²) >= 11 is 12.3. The van der Waals surface area contributed by atoms with Crippen molar-refractivity contribution >= 4 is 23.2 Å². The van der Waals surface area contributed by atoms with Crippen molar-refractivity contribution in [2.45, 2.75) is 58.0 Å². The van der Waals surface area contributed by atoms with Crippen LogP contribution < -0.4 is 5.32 Å². The van der Waals surface area contributed by atoms with E-state index in [2.05, 4.69) is 12.2 Å². The molecule has 120 valence electrons. The van der Waals surface area contributed by atoms with Gasteiger partial charge in [-0.25, -0.2) is 0 Å². The van der Waals surface area contributed by atoms with Crippen LogP contribution in [0.1, 0.15) is 51.0 Å². The van der Waals surface area contributed by atoms with E-state index in [4.69, 9.17) is 23.2 Å². The van der Waals surface area contributed by atoms with Gasteiger partial charge >= 0.3 is 0 Å². The molecule has 0 heterocycles. The molecule has 0 aliphatic heterocycles. The number of benzene rings is 1. The molecule has 0 aromatic heterocycles. The van der Waals surface area contributed by atoms with Crippen LogP contribution in [0.4, 0.5) is 0 Å². The van der Waals surface area contributed by atoms with Crippen molar-refractivity contribution in [2.75, 3.05) is 0 Å². The Morgan fingerprint density at radius 1 is 1.09 bits per heavy atom. The second-order valence-electron chi connectivity index (χ2n) is 8.12. The number of halogens is 2. The van der Waals surface area contributed by atoms with Gasteiger partial charge in [0.05, 0.1) is 0 Å². The van der Waals surface area contributed by atoms with Gasteiger partial charge < -0.3 is 5.32 Å². The van der Waals surface area contributed by atoms with E-state index in [0.29, 0.717) is 16.5 Å². The standard InChI is InChI=1S/C19H25Cl2N/c1-12(22-11-16-2-3-17(20)7-18(16)21)19-8-13-4-14(9-19)6-15(5-13)10-19/h2-3,7,12-15,22H,4-6,8-11H2,1H3/t12-,13?,14?,15?,19?/m1/s1. The van der Waals surface area contributed by atoms with Crippen LogP contribution in [0.3, 0.4) is 0 Å². The van der Waals surface area contributed by atoms with Crippen LogP contribution in [-0.2, 0) is 6.54 Å². The molecule has 4 fully saturated rings. The van der Waals surface area contributed by atoms with Gasteiger partial charge in [-0.3, -0.25) is 0 Å². The lowest BCUT2D eigenvalue weighted by molar-refractivity contribution is -0.0706. The molecule has 1 nitrogen and oxygen atoms in total. The molecule has 0 spiro atoms. The summed E-state index contributed by atoms with van der Waals surface area (Å²) in [6.07, 6.45) is 8.86. The van der Waals surface area contributed by atoms with E-state index in [1.54, 1.807) is 0 Å². The van der Waals surface area contributed by atoms with Crippen molar-refractivity contribution in [3.63, 3.8) is 0 Å². The molecule has 5 rings (SSSR count). The van der Waals surface area contributed by atoms with Gasteiger partial charge in [-0.2, -0.15) is 0 Å². The highest BCUT2D eigenvalue weighted by Gasteiger charge is 2.52. The monoisotopic (exact) mass is 337 g/mol. The third kappa shape index (κ3) is 2.70. The fourth-order valence-electron chi connectivity index (χ4n) is 5.85. The Bertz CT molecular complexity index is 533. The zero-order valence-electron chi connectivity index (χ0n) is 13.2. The molecule has 4 aliphatic carbocycles. The predicted molar refractivity (Wildman–Crippen MR) is 93.4 cm³/mol. The zero-order chi connectivity index (χ0) is 15.3. The Hall–Kier alpha value is -0.240. The molecular weight excluding hydrogens is 313 g/mol. The molecule has 0 unspecified atom stereocenters. The van der Waals surface area contributed by atoms with E-state index in [1.807, 2.05) is 18.2 Å². The van der Waals surface area contributed by atoms with Crippen LogP contribution >= 0.6 is 23.2 Å². The summed E-state index contributed by atoms with van der Waals surface area (Å²) in [5.41, 5.74) is 1.70. The maximum Gasteiger partial charge on any atom is 0.0465 e. The first kappa shape index (κ1) is 15.3. The summed E-state index contributed by atoms with van der Waals surface area (Å²) in [4.78, 5) is 0. The van der Waals surface area contributed by atoms with E-state index in [-0.39, 0.29) is 0 Å². The number of nitrogens with one attached hydrogen (secondary N) is 1. The van der Waals surface area contributed by atoms with Gasteiger partial charge in [0.25, 0.3) is 0 Å². The fraction of sp³-hybridized carbons (Fsp3) is 0.684. The minimum absolute atomic E-state index is 0.549. The van der Waals surface area contributed by atoms with Crippen molar-refractivity contribution in [3.05, 3.63) is 33.8 Å². The quantitative estimate of drug-likeness (QED) is 0.744. The lowest BCUT2D eigenvalue weighted by Crippen LogP contribution is -2.54. The van der Waals surface area contributed by atoms with E-state index >= 15 is 0 Å². The molecule has 4 saturated carbocycles. The summed E-state index contributed by atoms with van der Waals surface area (Å²) in [5, 5.41) is 5.28. The molecule has 0 radical (unpaired) electrons. The minimum Gasteiger partial charge on any atom is -0.310 e. The van der Waals surface area contributed by atoms with Gasteiger partial charge in [0, 0.05) is 22.6 Å². The smallest absolute Gasteiger partial charge is 0.0465 e. The van der Waals surface area contributed by atoms with Crippen molar-refractivity contribution in [1.29, 1.82) is 0 Å². The van der Waals surface area contributed by atoms with E-state index in [9.17, 15) is 0 Å². The average molecular weight is 338 g/mol. The maximum atomic E-state index is 6.31. The first-order valence-corrected chi connectivity index (χ1v) is 9.47. The molecule has 1 atom stereocenters. The maximum absolute atomic E-state index is 6.31. The third-order valence-corrected chi connectivity index (χ3v) is 7.20. The number of rotatable bonds is 4. The Morgan fingerprint density at radius 3 is 2.23 bits per heavy atom. The molecule has 1 N–H and O–H groups in total. The Morgan fingerprint density at radius 2 is 1.68 bits per heavy atom. The molecule has 0 amide bonds. The second kappa shape index (κ2) is 5.69. The first-order valence-electron chi connectivity index (χ1n) is 8.71. The second-order valence-corrected chi connectivity index (χ2v) is 8.96. The molecule has 3 heteroatoms. The van der Waals surface area contributed by atoms with Gasteiger partial charge in [0.1, 0.15) is 0 Å². The van der Waals surface area contributed by atoms with Crippen LogP contribution in [0.25, 0.3) is 0 Å². The molecule has 4 aliphatic rings. The molecule has 0 saturated heterocycles. The van der Waals surface area contributed by atoms with E-state index in [1.165, 1.54) is 38.5 Å². The molecule has 1 aromatic rings. The highest BCUT2D eigenvalue weighted by atomic mass is 35.5. The van der Waals surface area contributed by atoms with Gasteiger partial charge in [-0.05, 0) is 86.3 Å². The van der Waals surface area contributed by atoms with Crippen LogP contribution in [-0.4, -0.2) is 6.04 Å². The topological polar surface area (TPSA) is 12.0 Å². The fourth-order valence-corrected chi connectivity index (χ4v) is 6.33. The Kier molecular flexibility index (Phi) is 3.95. The van der Waals surface area contributed by atoms with Gasteiger partial charge in [-0.15, -0.1) is 0 Å². The highest BCUT2D eigenvalue weighted by Crippen LogP contribution is 2.61. The number of hydrogen-bond acceptors (Lipinski definition) is 1. The summed E-state index contributed by atoms with van der Waals surface area (Å²) < 4.78 is 0. The van der Waals surface area contributed by atoms with Crippen LogP contribution in [0, 0.1) is 23.2 Å².